The van der Waals surface area contributed by atoms with Crippen molar-refractivity contribution in [1.29, 1.82) is 0 Å². The lowest BCUT2D eigenvalue weighted by Crippen LogP contribution is -2.11. The van der Waals surface area contributed by atoms with Gasteiger partial charge in [-0.1, -0.05) is 23.9 Å². The van der Waals surface area contributed by atoms with Crippen molar-refractivity contribution in [2.45, 2.75) is 36.1 Å². The minimum Gasteiger partial charge on any atom is -0.326 e. The van der Waals surface area contributed by atoms with Crippen molar-refractivity contribution in [3.63, 3.8) is 0 Å². The molecule has 1 aliphatic rings. The summed E-state index contributed by atoms with van der Waals surface area (Å²) in [5.41, 5.74) is 2.78. The summed E-state index contributed by atoms with van der Waals surface area (Å²) in [6, 6.07) is 16.3. The molecule has 5 rings (SSSR count). The van der Waals surface area contributed by atoms with Crippen molar-refractivity contribution in [3.8, 4) is 11.4 Å². The molecule has 0 bridgehead atoms. The number of thiazole rings is 1. The maximum absolute atomic E-state index is 12.3. The predicted molar refractivity (Wildman–Crippen MR) is 120 cm³/mol. The molecule has 152 valence electrons. The molecule has 0 unspecified atom stereocenters. The van der Waals surface area contributed by atoms with Gasteiger partial charge < -0.3 is 5.32 Å². The van der Waals surface area contributed by atoms with E-state index in [1.165, 1.54) is 4.70 Å². The van der Waals surface area contributed by atoms with Crippen molar-refractivity contribution in [1.82, 2.24) is 25.2 Å². The maximum atomic E-state index is 12.3. The first-order chi connectivity index (χ1) is 14.8. The second-order valence-electron chi connectivity index (χ2n) is 7.20. The van der Waals surface area contributed by atoms with Gasteiger partial charge in [0.15, 0.2) is 10.2 Å². The first-order valence-electron chi connectivity index (χ1n) is 9.93. The van der Waals surface area contributed by atoms with E-state index in [4.69, 9.17) is 0 Å². The highest BCUT2D eigenvalue weighted by molar-refractivity contribution is 8.01. The molecular formula is C21H20N6OS2. The Kier molecular flexibility index (Phi) is 5.46. The third-order valence-corrected chi connectivity index (χ3v) is 7.13. The van der Waals surface area contributed by atoms with Crippen LogP contribution in [0.5, 0.6) is 0 Å². The first-order valence-corrected chi connectivity index (χ1v) is 11.7. The summed E-state index contributed by atoms with van der Waals surface area (Å²) in [7, 11) is 0. The van der Waals surface area contributed by atoms with Gasteiger partial charge in [-0.05, 0) is 66.1 Å². The molecule has 2 aromatic heterocycles. The lowest BCUT2D eigenvalue weighted by atomic mass is 10.2. The number of carbonyl (C=O) groups excluding carboxylic acids is 1. The van der Waals surface area contributed by atoms with E-state index in [0.29, 0.717) is 12.5 Å². The Morgan fingerprint density at radius 3 is 2.80 bits per heavy atom. The highest BCUT2D eigenvalue weighted by Crippen LogP contribution is 2.36. The Balaban J connectivity index is 1.10. The lowest BCUT2D eigenvalue weighted by molar-refractivity contribution is -0.116. The molecule has 2 aromatic carbocycles. The third kappa shape index (κ3) is 4.36. The molecule has 4 aromatic rings. The number of hydrogen-bond donors (Lipinski definition) is 1. The highest BCUT2D eigenvalue weighted by Gasteiger charge is 2.28. The summed E-state index contributed by atoms with van der Waals surface area (Å²) >= 11 is 3.41. The third-order valence-electron chi connectivity index (χ3n) is 4.86. The fraction of sp³-hybridized carbons (Fsp3) is 0.286. The van der Waals surface area contributed by atoms with E-state index in [2.05, 4.69) is 31.9 Å². The number of para-hydroxylation sites is 1. The Bertz CT molecular complexity index is 1130. The summed E-state index contributed by atoms with van der Waals surface area (Å²) in [6.45, 7) is 0. The highest BCUT2D eigenvalue weighted by atomic mass is 32.2. The van der Waals surface area contributed by atoms with Crippen LogP contribution in [0.15, 0.2) is 52.9 Å². The van der Waals surface area contributed by atoms with Crippen molar-refractivity contribution in [2.24, 2.45) is 0 Å². The van der Waals surface area contributed by atoms with Gasteiger partial charge in [0, 0.05) is 23.4 Å². The molecule has 7 nitrogen and oxygen atoms in total. The largest absolute Gasteiger partial charge is 0.326 e. The van der Waals surface area contributed by atoms with Crippen molar-refractivity contribution < 1.29 is 4.79 Å². The molecule has 0 saturated heterocycles. The zero-order chi connectivity index (χ0) is 20.3. The van der Waals surface area contributed by atoms with E-state index in [-0.39, 0.29) is 5.91 Å². The summed E-state index contributed by atoms with van der Waals surface area (Å²) < 4.78 is 4.14. The molecule has 1 fully saturated rings. The molecule has 0 radical (unpaired) electrons. The predicted octanol–water partition coefficient (Wildman–Crippen LogP) is 4.80. The zero-order valence-electron chi connectivity index (χ0n) is 16.2. The van der Waals surface area contributed by atoms with E-state index in [0.717, 1.165) is 51.9 Å². The monoisotopic (exact) mass is 436 g/mol. The standard InChI is InChI=1S/C21H20N6OS2/c28-19(6-3-13-29-21-23-17-4-1-2-5-18(17)30-21)22-15-9-7-14(8-10-15)20-24-25-26-27(20)16-11-12-16/h1-2,4-5,7-10,16H,3,6,11-13H2,(H,22,28). The second-order valence-corrected chi connectivity index (χ2v) is 9.58. The number of anilines is 1. The van der Waals surface area contributed by atoms with Crippen LogP contribution in [0, 0.1) is 0 Å². The van der Waals surface area contributed by atoms with E-state index in [1.54, 1.807) is 23.1 Å². The molecular weight excluding hydrogens is 416 g/mol. The van der Waals surface area contributed by atoms with Crippen LogP contribution >= 0.6 is 23.1 Å². The molecule has 0 spiro atoms. The molecule has 0 atom stereocenters. The average molecular weight is 437 g/mol. The van der Waals surface area contributed by atoms with Gasteiger partial charge >= 0.3 is 0 Å². The minimum absolute atomic E-state index is 0.0236. The van der Waals surface area contributed by atoms with E-state index in [1.807, 2.05) is 47.1 Å². The van der Waals surface area contributed by atoms with Gasteiger partial charge in [-0.15, -0.1) is 16.4 Å². The molecule has 0 aliphatic heterocycles. The zero-order valence-corrected chi connectivity index (χ0v) is 17.8. The number of hydrogen-bond acceptors (Lipinski definition) is 7. The van der Waals surface area contributed by atoms with Crippen LogP contribution in [0.4, 0.5) is 5.69 Å². The molecule has 9 heteroatoms. The number of tetrazole rings is 1. The van der Waals surface area contributed by atoms with Gasteiger partial charge in [0.25, 0.3) is 0 Å². The first kappa shape index (κ1) is 19.2. The molecule has 1 saturated carbocycles. The summed E-state index contributed by atoms with van der Waals surface area (Å²) in [4.78, 5) is 16.9. The number of amides is 1. The van der Waals surface area contributed by atoms with Crippen LogP contribution in [0.3, 0.4) is 0 Å². The smallest absolute Gasteiger partial charge is 0.224 e. The number of aromatic nitrogens is 5. The van der Waals surface area contributed by atoms with Crippen molar-refractivity contribution in [3.05, 3.63) is 48.5 Å². The fourth-order valence-electron chi connectivity index (χ4n) is 3.18. The molecule has 2 heterocycles. The van der Waals surface area contributed by atoms with Gasteiger partial charge in [0.05, 0.1) is 16.3 Å². The number of nitrogens with zero attached hydrogens (tertiary/aromatic N) is 5. The molecule has 1 amide bonds. The van der Waals surface area contributed by atoms with Crippen molar-refractivity contribution in [2.75, 3.05) is 11.1 Å². The van der Waals surface area contributed by atoms with Gasteiger partial charge in [-0.2, -0.15) is 0 Å². The van der Waals surface area contributed by atoms with Crippen molar-refractivity contribution >= 4 is 44.9 Å². The molecule has 1 N–H and O–H groups in total. The summed E-state index contributed by atoms with van der Waals surface area (Å²) in [6.07, 6.45) is 3.55. The maximum Gasteiger partial charge on any atom is 0.224 e. The SMILES string of the molecule is O=C(CCCSc1nc2ccccc2s1)Nc1ccc(-c2nnnn2C2CC2)cc1. The Hall–Kier alpha value is -2.78. The fourth-order valence-corrected chi connectivity index (χ4v) is 5.26. The molecule has 30 heavy (non-hydrogen) atoms. The Morgan fingerprint density at radius 1 is 1.17 bits per heavy atom. The van der Waals surface area contributed by atoms with Crippen LogP contribution in [-0.4, -0.2) is 36.9 Å². The summed E-state index contributed by atoms with van der Waals surface area (Å²) in [5.74, 6) is 1.67. The quantitative estimate of drug-likeness (QED) is 0.316. The van der Waals surface area contributed by atoms with E-state index in [9.17, 15) is 4.79 Å². The summed E-state index contributed by atoms with van der Waals surface area (Å²) in [5, 5.41) is 15.0. The van der Waals surface area contributed by atoms with Crippen LogP contribution in [0.2, 0.25) is 0 Å². The van der Waals surface area contributed by atoms with Gasteiger partial charge in [-0.25, -0.2) is 9.67 Å². The number of carbonyl (C=O) groups is 1. The van der Waals surface area contributed by atoms with E-state index >= 15 is 0 Å². The lowest BCUT2D eigenvalue weighted by Gasteiger charge is -2.07. The number of rotatable bonds is 8. The Morgan fingerprint density at radius 2 is 2.00 bits per heavy atom. The minimum atomic E-state index is 0.0236. The number of nitrogens with one attached hydrogen (secondary N) is 1. The number of fused-ring (bicyclic) bond motifs is 1. The van der Waals surface area contributed by atoms with Crippen LogP contribution in [0.1, 0.15) is 31.7 Å². The van der Waals surface area contributed by atoms with E-state index < -0.39 is 0 Å². The van der Waals surface area contributed by atoms with Crippen LogP contribution in [0.25, 0.3) is 21.6 Å². The number of thioether (sulfide) groups is 1. The van der Waals surface area contributed by atoms with Gasteiger partial charge in [-0.3, -0.25) is 4.79 Å². The average Bonchev–Trinajstić information content (AvgIpc) is 3.33. The molecule has 1 aliphatic carbocycles. The Labute approximate surface area is 181 Å². The van der Waals surface area contributed by atoms with Gasteiger partial charge in [0.1, 0.15) is 0 Å². The van der Waals surface area contributed by atoms with Crippen LogP contribution in [-0.2, 0) is 4.79 Å². The topological polar surface area (TPSA) is 85.6 Å². The second kappa shape index (κ2) is 8.53. The normalized spacial score (nSPS) is 13.6. The van der Waals surface area contributed by atoms with Gasteiger partial charge in [0.2, 0.25) is 5.91 Å². The van der Waals surface area contributed by atoms with Crippen LogP contribution < -0.4 is 5.32 Å². The number of benzene rings is 2.